The molecule has 1 N–H and O–H groups in total. The molecule has 3 rings (SSSR count). The summed E-state index contributed by atoms with van der Waals surface area (Å²) in [6.07, 6.45) is 1.93. The maximum Gasteiger partial charge on any atom is 0.437 e. The van der Waals surface area contributed by atoms with Gasteiger partial charge in [0.25, 0.3) is 11.4 Å². The zero-order chi connectivity index (χ0) is 20.8. The number of nitro benzene ring substituents is 2. The minimum Gasteiger partial charge on any atom is -0.298 e. The summed E-state index contributed by atoms with van der Waals surface area (Å²) in [5.41, 5.74) is 0.673. The molecule has 2 aromatic rings. The maximum atomic E-state index is 12.0. The highest BCUT2D eigenvalue weighted by Gasteiger charge is 2.31. The number of para-hydroxylation sites is 1. The molecule has 0 bridgehead atoms. The molecule has 0 heterocycles. The van der Waals surface area contributed by atoms with Gasteiger partial charge in [0, 0.05) is 23.2 Å². The second-order valence-electron chi connectivity index (χ2n) is 6.51. The van der Waals surface area contributed by atoms with E-state index in [4.69, 9.17) is 4.84 Å². The number of carbonyl (C=O) groups excluding carboxylic acids is 1. The Morgan fingerprint density at radius 1 is 1.07 bits per heavy atom. The van der Waals surface area contributed by atoms with E-state index in [1.807, 2.05) is 0 Å². The van der Waals surface area contributed by atoms with Crippen LogP contribution in [0.5, 0.6) is 0 Å². The third-order valence-corrected chi connectivity index (χ3v) is 4.64. The Balaban J connectivity index is 1.82. The van der Waals surface area contributed by atoms with Crippen molar-refractivity contribution in [1.29, 1.82) is 0 Å². The molecule has 2 aromatic carbocycles. The van der Waals surface area contributed by atoms with Crippen LogP contribution < -0.4 is 5.32 Å². The molecule has 1 aliphatic carbocycles. The van der Waals surface area contributed by atoms with Gasteiger partial charge in [-0.25, -0.2) is 4.79 Å². The molecule has 10 heteroatoms. The first-order chi connectivity index (χ1) is 14.0. The van der Waals surface area contributed by atoms with Gasteiger partial charge >= 0.3 is 6.09 Å². The summed E-state index contributed by atoms with van der Waals surface area (Å²) in [5, 5.41) is 28.9. The van der Waals surface area contributed by atoms with Crippen molar-refractivity contribution in [3.63, 3.8) is 0 Å². The number of nitrogens with zero attached hydrogens (tertiary/aromatic N) is 3. The highest BCUT2D eigenvalue weighted by atomic mass is 16.7. The molecule has 1 amide bonds. The van der Waals surface area contributed by atoms with E-state index in [1.54, 1.807) is 30.3 Å². The number of amides is 1. The molecule has 0 radical (unpaired) electrons. The molecule has 0 saturated heterocycles. The fraction of sp³-hybridized carbons (Fsp3) is 0.263. The lowest BCUT2D eigenvalue weighted by Crippen LogP contribution is -2.20. The predicted octanol–water partition coefficient (Wildman–Crippen LogP) is 4.77. The Kier molecular flexibility index (Phi) is 6.12. The summed E-state index contributed by atoms with van der Waals surface area (Å²) in [4.78, 5) is 38.0. The molecule has 0 aromatic heterocycles. The van der Waals surface area contributed by atoms with Crippen molar-refractivity contribution in [3.8, 4) is 0 Å². The van der Waals surface area contributed by atoms with Gasteiger partial charge in [0.05, 0.1) is 21.6 Å². The van der Waals surface area contributed by atoms with Crippen LogP contribution in [-0.4, -0.2) is 21.7 Å². The topological polar surface area (TPSA) is 137 Å². The van der Waals surface area contributed by atoms with Gasteiger partial charge in [-0.05, 0) is 37.5 Å². The number of non-ortho nitro benzene ring substituents is 1. The van der Waals surface area contributed by atoms with Crippen LogP contribution in [0.15, 0.2) is 53.7 Å². The summed E-state index contributed by atoms with van der Waals surface area (Å²) < 4.78 is 0. The van der Waals surface area contributed by atoms with Crippen molar-refractivity contribution in [2.75, 3.05) is 5.32 Å². The average Bonchev–Trinajstić information content (AvgIpc) is 2.72. The highest BCUT2D eigenvalue weighted by Crippen LogP contribution is 2.37. The van der Waals surface area contributed by atoms with Crippen molar-refractivity contribution < 1.29 is 19.5 Å². The molecule has 1 atom stereocenters. The van der Waals surface area contributed by atoms with E-state index < -0.39 is 21.9 Å². The van der Waals surface area contributed by atoms with Crippen molar-refractivity contribution in [1.82, 2.24) is 0 Å². The minimum atomic E-state index is -0.772. The molecular weight excluding hydrogens is 380 g/mol. The van der Waals surface area contributed by atoms with Crippen LogP contribution in [0.4, 0.5) is 21.9 Å². The Morgan fingerprint density at radius 3 is 2.52 bits per heavy atom. The van der Waals surface area contributed by atoms with E-state index in [1.165, 1.54) is 12.1 Å². The van der Waals surface area contributed by atoms with E-state index in [9.17, 15) is 25.0 Å². The summed E-state index contributed by atoms with van der Waals surface area (Å²) in [6, 6.07) is 12.3. The van der Waals surface area contributed by atoms with Gasteiger partial charge in [0.1, 0.15) is 0 Å². The fourth-order valence-corrected chi connectivity index (χ4v) is 3.30. The third kappa shape index (κ3) is 4.92. The number of oxime groups is 1. The van der Waals surface area contributed by atoms with Gasteiger partial charge in [-0.1, -0.05) is 29.8 Å². The van der Waals surface area contributed by atoms with E-state index in [2.05, 4.69) is 10.5 Å². The van der Waals surface area contributed by atoms with Gasteiger partial charge in [-0.15, -0.1) is 0 Å². The number of nitro groups is 2. The number of carbonyl (C=O) groups is 1. The zero-order valence-electron chi connectivity index (χ0n) is 15.3. The van der Waals surface area contributed by atoms with Crippen LogP contribution in [0.1, 0.15) is 37.2 Å². The lowest BCUT2D eigenvalue weighted by atomic mass is 9.81. The number of benzene rings is 2. The first kappa shape index (κ1) is 19.9. The fourth-order valence-electron chi connectivity index (χ4n) is 3.30. The van der Waals surface area contributed by atoms with Gasteiger partial charge in [-0.2, -0.15) is 0 Å². The summed E-state index contributed by atoms with van der Waals surface area (Å²) >= 11 is 0. The van der Waals surface area contributed by atoms with Gasteiger partial charge in [-0.3, -0.25) is 30.4 Å². The first-order valence-electron chi connectivity index (χ1n) is 8.98. The van der Waals surface area contributed by atoms with Crippen LogP contribution in [-0.2, 0) is 4.84 Å². The Labute approximate surface area is 165 Å². The second-order valence-corrected chi connectivity index (χ2v) is 6.51. The van der Waals surface area contributed by atoms with Crippen molar-refractivity contribution in [2.24, 2.45) is 5.16 Å². The van der Waals surface area contributed by atoms with E-state index in [0.29, 0.717) is 29.8 Å². The predicted molar refractivity (Wildman–Crippen MR) is 105 cm³/mol. The molecule has 0 aliphatic heterocycles. The number of rotatable bonds is 5. The quantitative estimate of drug-likeness (QED) is 0.438. The zero-order valence-corrected chi connectivity index (χ0v) is 15.3. The molecule has 0 spiro atoms. The normalized spacial score (nSPS) is 17.5. The SMILES string of the molecule is O=C(Nc1ccccc1)O/N=C1\CCCCC1c1ccc([N+](=O)[O-])cc1[N+](=O)[O-]. The van der Waals surface area contributed by atoms with E-state index in [0.717, 1.165) is 18.9 Å². The van der Waals surface area contributed by atoms with Crippen molar-refractivity contribution in [2.45, 2.75) is 31.6 Å². The van der Waals surface area contributed by atoms with Crippen molar-refractivity contribution in [3.05, 3.63) is 74.3 Å². The lowest BCUT2D eigenvalue weighted by Gasteiger charge is -2.23. The Bertz CT molecular complexity index is 960. The minimum absolute atomic E-state index is 0.325. The average molecular weight is 398 g/mol. The molecule has 150 valence electrons. The van der Waals surface area contributed by atoms with Crippen LogP contribution >= 0.6 is 0 Å². The molecule has 1 saturated carbocycles. The maximum absolute atomic E-state index is 12.0. The van der Waals surface area contributed by atoms with E-state index >= 15 is 0 Å². The summed E-state index contributed by atoms with van der Waals surface area (Å²) in [7, 11) is 0. The number of anilines is 1. The van der Waals surface area contributed by atoms with Crippen LogP contribution in [0.3, 0.4) is 0 Å². The van der Waals surface area contributed by atoms with Crippen LogP contribution in [0.2, 0.25) is 0 Å². The van der Waals surface area contributed by atoms with Crippen LogP contribution in [0.25, 0.3) is 0 Å². The molecule has 29 heavy (non-hydrogen) atoms. The summed E-state index contributed by atoms with van der Waals surface area (Å²) in [5.74, 6) is -0.450. The van der Waals surface area contributed by atoms with Gasteiger partial charge in [0.2, 0.25) is 0 Å². The Morgan fingerprint density at radius 2 is 1.83 bits per heavy atom. The monoisotopic (exact) mass is 398 g/mol. The first-order valence-corrected chi connectivity index (χ1v) is 8.98. The van der Waals surface area contributed by atoms with Crippen molar-refractivity contribution >= 4 is 28.9 Å². The van der Waals surface area contributed by atoms with E-state index in [-0.39, 0.29) is 11.4 Å². The van der Waals surface area contributed by atoms with Crippen LogP contribution in [0, 0.1) is 20.2 Å². The Hall–Kier alpha value is -3.82. The van der Waals surface area contributed by atoms with Gasteiger partial charge in [0.15, 0.2) is 0 Å². The molecule has 1 unspecified atom stereocenters. The number of hydrogen-bond acceptors (Lipinski definition) is 7. The molecule has 1 fully saturated rings. The standard InChI is InChI=1S/C19H18N4O6/c24-19(20-13-6-2-1-3-7-13)29-21-17-9-5-4-8-15(17)16-11-10-14(22(25)26)12-18(16)23(27)28/h1-3,6-7,10-12,15H,4-5,8-9H2,(H,20,24)/b21-17+. The summed E-state index contributed by atoms with van der Waals surface area (Å²) in [6.45, 7) is 0. The molecule has 1 aliphatic rings. The highest BCUT2D eigenvalue weighted by molar-refractivity contribution is 5.93. The second kappa shape index (κ2) is 8.91. The van der Waals surface area contributed by atoms with Gasteiger partial charge < -0.3 is 0 Å². The number of hydrogen-bond donors (Lipinski definition) is 1. The number of nitrogens with one attached hydrogen (secondary N) is 1. The smallest absolute Gasteiger partial charge is 0.298 e. The lowest BCUT2D eigenvalue weighted by molar-refractivity contribution is -0.394. The third-order valence-electron chi connectivity index (χ3n) is 4.64. The largest absolute Gasteiger partial charge is 0.437 e. The molecular formula is C19H18N4O6. The molecule has 10 nitrogen and oxygen atoms in total.